The van der Waals surface area contributed by atoms with E-state index in [1.54, 1.807) is 6.92 Å². The molecular weight excluding hydrogens is 160 g/mol. The van der Waals surface area contributed by atoms with Crippen LogP contribution in [0.25, 0.3) is 0 Å². The molecule has 0 N–H and O–H groups in total. The SMILES string of the molecule is CCOC(=O)C1CCCC(=O)O1. The fourth-order valence-electron chi connectivity index (χ4n) is 1.11. The third-order valence-corrected chi connectivity index (χ3v) is 1.67. The maximum atomic E-state index is 11.0. The van der Waals surface area contributed by atoms with Crippen LogP contribution in [0.15, 0.2) is 0 Å². The smallest absolute Gasteiger partial charge is 0.347 e. The van der Waals surface area contributed by atoms with Crippen molar-refractivity contribution < 1.29 is 19.1 Å². The Bertz CT molecular complexity index is 187. The summed E-state index contributed by atoms with van der Waals surface area (Å²) in [5, 5.41) is 0. The lowest BCUT2D eigenvalue weighted by Crippen LogP contribution is -2.32. The van der Waals surface area contributed by atoms with Crippen LogP contribution in [0.1, 0.15) is 26.2 Å². The van der Waals surface area contributed by atoms with Crippen LogP contribution in [-0.2, 0) is 19.1 Å². The molecule has 4 nitrogen and oxygen atoms in total. The highest BCUT2D eigenvalue weighted by atomic mass is 16.6. The van der Waals surface area contributed by atoms with E-state index in [2.05, 4.69) is 0 Å². The number of carbonyl (C=O) groups excluding carboxylic acids is 2. The highest BCUT2D eigenvalue weighted by Gasteiger charge is 2.27. The third-order valence-electron chi connectivity index (χ3n) is 1.67. The molecule has 1 fully saturated rings. The minimum atomic E-state index is -0.661. The van der Waals surface area contributed by atoms with Crippen molar-refractivity contribution >= 4 is 11.9 Å². The zero-order valence-corrected chi connectivity index (χ0v) is 7.04. The molecule has 0 amide bonds. The van der Waals surface area contributed by atoms with Gasteiger partial charge >= 0.3 is 11.9 Å². The van der Waals surface area contributed by atoms with Crippen LogP contribution in [0.2, 0.25) is 0 Å². The molecule has 0 saturated carbocycles. The van der Waals surface area contributed by atoms with E-state index in [9.17, 15) is 9.59 Å². The van der Waals surface area contributed by atoms with E-state index in [-0.39, 0.29) is 5.97 Å². The van der Waals surface area contributed by atoms with Gasteiger partial charge in [0, 0.05) is 6.42 Å². The Labute approximate surface area is 70.8 Å². The molecule has 0 aromatic heterocycles. The molecule has 68 valence electrons. The Morgan fingerprint density at radius 1 is 1.75 bits per heavy atom. The summed E-state index contributed by atoms with van der Waals surface area (Å²) < 4.78 is 9.50. The summed E-state index contributed by atoms with van der Waals surface area (Å²) in [6, 6.07) is 0. The first-order valence-corrected chi connectivity index (χ1v) is 4.10. The van der Waals surface area contributed by atoms with Crippen LogP contribution in [0, 0.1) is 0 Å². The average Bonchev–Trinajstić information content (AvgIpc) is 2.05. The number of rotatable bonds is 2. The molecule has 1 heterocycles. The number of cyclic esters (lactones) is 1. The maximum Gasteiger partial charge on any atom is 0.347 e. The summed E-state index contributed by atoms with van der Waals surface area (Å²) >= 11 is 0. The highest BCUT2D eigenvalue weighted by molar-refractivity contribution is 5.80. The van der Waals surface area contributed by atoms with Crippen LogP contribution >= 0.6 is 0 Å². The molecule has 0 aromatic carbocycles. The number of carbonyl (C=O) groups is 2. The Kier molecular flexibility index (Phi) is 3.08. The Balaban J connectivity index is 2.40. The zero-order chi connectivity index (χ0) is 8.97. The van der Waals surface area contributed by atoms with Crippen molar-refractivity contribution in [3.05, 3.63) is 0 Å². The van der Waals surface area contributed by atoms with E-state index in [4.69, 9.17) is 9.47 Å². The van der Waals surface area contributed by atoms with Gasteiger partial charge in [-0.15, -0.1) is 0 Å². The summed E-state index contributed by atoms with van der Waals surface area (Å²) in [6.45, 7) is 2.05. The Morgan fingerprint density at radius 3 is 3.08 bits per heavy atom. The summed E-state index contributed by atoms with van der Waals surface area (Å²) in [4.78, 5) is 21.8. The molecule has 1 saturated heterocycles. The minimum Gasteiger partial charge on any atom is -0.463 e. The van der Waals surface area contributed by atoms with E-state index < -0.39 is 12.1 Å². The first kappa shape index (κ1) is 9.03. The standard InChI is InChI=1S/C8H12O4/c1-2-11-8(10)6-4-3-5-7(9)12-6/h6H,2-5H2,1H3. The van der Waals surface area contributed by atoms with Gasteiger partial charge in [-0.1, -0.05) is 0 Å². The van der Waals surface area contributed by atoms with Gasteiger partial charge in [-0.2, -0.15) is 0 Å². The van der Waals surface area contributed by atoms with E-state index in [1.165, 1.54) is 0 Å². The van der Waals surface area contributed by atoms with Gasteiger partial charge in [0.05, 0.1) is 6.61 Å². The van der Waals surface area contributed by atoms with Crippen LogP contribution < -0.4 is 0 Å². The van der Waals surface area contributed by atoms with Crippen molar-refractivity contribution in [1.82, 2.24) is 0 Å². The molecule has 0 spiro atoms. The summed E-state index contributed by atoms with van der Waals surface area (Å²) in [5.41, 5.74) is 0. The first-order chi connectivity index (χ1) is 5.74. The van der Waals surface area contributed by atoms with Gasteiger partial charge in [-0.3, -0.25) is 4.79 Å². The van der Waals surface area contributed by atoms with Crippen molar-refractivity contribution in [1.29, 1.82) is 0 Å². The van der Waals surface area contributed by atoms with Crippen molar-refractivity contribution in [2.24, 2.45) is 0 Å². The van der Waals surface area contributed by atoms with E-state index in [1.807, 2.05) is 0 Å². The fraction of sp³-hybridized carbons (Fsp3) is 0.750. The molecule has 1 aliphatic rings. The van der Waals surface area contributed by atoms with Crippen LogP contribution in [0.3, 0.4) is 0 Å². The molecule has 4 heteroatoms. The van der Waals surface area contributed by atoms with Gasteiger partial charge in [-0.05, 0) is 19.8 Å². The van der Waals surface area contributed by atoms with Crippen LogP contribution in [0.5, 0.6) is 0 Å². The third kappa shape index (κ3) is 2.22. The molecule has 0 radical (unpaired) electrons. The molecule has 0 aromatic rings. The lowest BCUT2D eigenvalue weighted by atomic mass is 10.1. The molecule has 0 aliphatic carbocycles. The van der Waals surface area contributed by atoms with Crippen molar-refractivity contribution in [2.75, 3.05) is 6.61 Å². The zero-order valence-electron chi connectivity index (χ0n) is 7.04. The van der Waals surface area contributed by atoms with Crippen molar-refractivity contribution in [3.8, 4) is 0 Å². The number of ether oxygens (including phenoxy) is 2. The number of esters is 2. The van der Waals surface area contributed by atoms with Gasteiger partial charge in [0.2, 0.25) is 0 Å². The number of hydrogen-bond donors (Lipinski definition) is 0. The minimum absolute atomic E-state index is 0.306. The molecule has 1 aliphatic heterocycles. The van der Waals surface area contributed by atoms with Gasteiger partial charge in [0.15, 0.2) is 6.10 Å². The predicted octanol–water partition coefficient (Wildman–Crippen LogP) is 0.645. The van der Waals surface area contributed by atoms with E-state index >= 15 is 0 Å². The summed E-state index contributed by atoms with van der Waals surface area (Å²) in [6.07, 6.45) is 1.05. The monoisotopic (exact) mass is 172 g/mol. The van der Waals surface area contributed by atoms with Crippen LogP contribution in [-0.4, -0.2) is 24.6 Å². The number of hydrogen-bond acceptors (Lipinski definition) is 4. The summed E-state index contributed by atoms with van der Waals surface area (Å²) in [7, 11) is 0. The van der Waals surface area contributed by atoms with Crippen molar-refractivity contribution in [2.45, 2.75) is 32.3 Å². The molecule has 1 atom stereocenters. The molecule has 0 bridgehead atoms. The van der Waals surface area contributed by atoms with Gasteiger partial charge in [0.25, 0.3) is 0 Å². The second-order valence-electron chi connectivity index (χ2n) is 2.62. The molecule has 1 unspecified atom stereocenters. The lowest BCUT2D eigenvalue weighted by molar-refractivity contribution is -0.171. The second kappa shape index (κ2) is 4.09. The topological polar surface area (TPSA) is 52.6 Å². The normalized spacial score (nSPS) is 23.1. The Morgan fingerprint density at radius 2 is 2.50 bits per heavy atom. The maximum absolute atomic E-state index is 11.0. The van der Waals surface area contributed by atoms with Crippen LogP contribution in [0.4, 0.5) is 0 Å². The molecule has 12 heavy (non-hydrogen) atoms. The van der Waals surface area contributed by atoms with E-state index in [0.717, 1.165) is 0 Å². The van der Waals surface area contributed by atoms with E-state index in [0.29, 0.717) is 25.9 Å². The highest BCUT2D eigenvalue weighted by Crippen LogP contribution is 2.14. The second-order valence-corrected chi connectivity index (χ2v) is 2.62. The van der Waals surface area contributed by atoms with Gasteiger partial charge in [-0.25, -0.2) is 4.79 Å². The average molecular weight is 172 g/mol. The molecule has 1 rings (SSSR count). The lowest BCUT2D eigenvalue weighted by Gasteiger charge is -2.19. The van der Waals surface area contributed by atoms with Gasteiger partial charge in [0.1, 0.15) is 0 Å². The molecular formula is C8H12O4. The summed E-state index contributed by atoms with van der Waals surface area (Å²) in [5.74, 6) is -0.732. The van der Waals surface area contributed by atoms with Crippen molar-refractivity contribution in [3.63, 3.8) is 0 Å². The quantitative estimate of drug-likeness (QED) is 0.574. The largest absolute Gasteiger partial charge is 0.463 e. The fourth-order valence-corrected chi connectivity index (χ4v) is 1.11. The first-order valence-electron chi connectivity index (χ1n) is 4.10. The van der Waals surface area contributed by atoms with Gasteiger partial charge < -0.3 is 9.47 Å². The predicted molar refractivity (Wildman–Crippen MR) is 40.4 cm³/mol. The Hall–Kier alpha value is -1.06.